The van der Waals surface area contributed by atoms with E-state index in [9.17, 15) is 19.2 Å². The van der Waals surface area contributed by atoms with Crippen LogP contribution in [0.15, 0.2) is 48.7 Å². The Morgan fingerprint density at radius 1 is 0.929 bits per heavy atom. The van der Waals surface area contributed by atoms with Crippen LogP contribution in [0.3, 0.4) is 0 Å². The molecule has 7 rings (SSSR count). The van der Waals surface area contributed by atoms with Gasteiger partial charge in [-0.15, -0.1) is 0 Å². The van der Waals surface area contributed by atoms with Crippen LogP contribution in [-0.2, 0) is 38.8 Å². The number of nitrogens with one attached hydrogen (secondary N) is 4. The average molecular weight is 765 g/mol. The van der Waals surface area contributed by atoms with Gasteiger partial charge in [0.05, 0.1) is 50.2 Å². The lowest BCUT2D eigenvalue weighted by Gasteiger charge is -2.31. The molecule has 3 atom stereocenters. The maximum atomic E-state index is 13.4. The maximum absolute atomic E-state index is 13.4. The Labute approximate surface area is 324 Å². The minimum atomic E-state index is -0.657. The number of amides is 4. The van der Waals surface area contributed by atoms with Gasteiger partial charge >= 0.3 is 12.2 Å². The fourth-order valence-electron chi connectivity index (χ4n) is 7.83. The Kier molecular flexibility index (Phi) is 11.1. The molecule has 0 spiro atoms. The quantitative estimate of drug-likeness (QED) is 0.118. The summed E-state index contributed by atoms with van der Waals surface area (Å²) >= 11 is 0. The summed E-state index contributed by atoms with van der Waals surface area (Å²) in [4.78, 5) is 69.5. The summed E-state index contributed by atoms with van der Waals surface area (Å²) in [6, 6.07) is 14.5. The largest absolute Gasteiger partial charge is 0.488 e. The fourth-order valence-corrected chi connectivity index (χ4v) is 7.83. The van der Waals surface area contributed by atoms with Crippen molar-refractivity contribution in [3.63, 3.8) is 0 Å². The van der Waals surface area contributed by atoms with Crippen LogP contribution in [0.5, 0.6) is 5.75 Å². The van der Waals surface area contributed by atoms with E-state index in [-0.39, 0.29) is 43.5 Å². The van der Waals surface area contributed by atoms with Crippen molar-refractivity contribution in [2.75, 3.05) is 27.3 Å². The number of hydrogen-bond acceptors (Lipinski definition) is 9. The average Bonchev–Trinajstić information content (AvgIpc) is 3.98. The highest BCUT2D eigenvalue weighted by Crippen LogP contribution is 2.42. The van der Waals surface area contributed by atoms with Gasteiger partial charge in [0.1, 0.15) is 37.1 Å². The molecule has 1 aliphatic heterocycles. The van der Waals surface area contributed by atoms with Gasteiger partial charge in [-0.25, -0.2) is 19.6 Å². The number of aromatic amines is 2. The summed E-state index contributed by atoms with van der Waals surface area (Å²) in [5, 5.41) is 6.99. The third kappa shape index (κ3) is 7.84. The molecule has 0 radical (unpaired) electrons. The molecule has 294 valence electrons. The van der Waals surface area contributed by atoms with Crippen LogP contribution in [-0.4, -0.2) is 93.1 Å². The number of carbonyl (C=O) groups excluding carboxylic acids is 4. The summed E-state index contributed by atoms with van der Waals surface area (Å²) in [5.41, 5.74) is 6.52. The van der Waals surface area contributed by atoms with Gasteiger partial charge in [-0.05, 0) is 78.4 Å². The number of hydrogen-bond donors (Lipinski definition) is 4. The minimum absolute atomic E-state index is 0.0574. The first-order chi connectivity index (χ1) is 27.1. The van der Waals surface area contributed by atoms with Gasteiger partial charge in [-0.3, -0.25) is 9.59 Å². The van der Waals surface area contributed by atoms with Gasteiger partial charge in [-0.1, -0.05) is 38.5 Å². The van der Waals surface area contributed by atoms with E-state index in [1.165, 1.54) is 14.2 Å². The molecule has 3 heterocycles. The van der Waals surface area contributed by atoms with Crippen molar-refractivity contribution < 1.29 is 33.4 Å². The van der Waals surface area contributed by atoms with E-state index in [0.29, 0.717) is 30.7 Å². The first-order valence-corrected chi connectivity index (χ1v) is 19.0. The fraction of sp³-hybridized carbons (Fsp3) is 0.415. The van der Waals surface area contributed by atoms with Crippen LogP contribution in [0, 0.1) is 5.92 Å². The molecule has 0 bridgehead atoms. The number of carbonyl (C=O) groups is 4. The van der Waals surface area contributed by atoms with E-state index in [1.54, 1.807) is 11.1 Å². The number of nitrogens with zero attached hydrogens (tertiary/aromatic N) is 4. The Hall–Kier alpha value is -6.12. The zero-order valence-electron chi connectivity index (χ0n) is 32.4. The molecule has 5 aromatic rings. The minimum Gasteiger partial charge on any atom is -0.488 e. The van der Waals surface area contributed by atoms with Gasteiger partial charge in [0.2, 0.25) is 11.8 Å². The first-order valence-electron chi connectivity index (χ1n) is 19.0. The van der Waals surface area contributed by atoms with E-state index in [2.05, 4.69) is 78.4 Å². The predicted molar refractivity (Wildman–Crippen MR) is 209 cm³/mol. The lowest BCUT2D eigenvalue weighted by molar-refractivity contribution is -0.134. The van der Waals surface area contributed by atoms with Gasteiger partial charge in [0.25, 0.3) is 0 Å². The van der Waals surface area contributed by atoms with Crippen LogP contribution < -0.4 is 15.4 Å². The molecular formula is C41H48N8O7. The van der Waals surface area contributed by atoms with Crippen molar-refractivity contribution in [3.05, 3.63) is 65.9 Å². The number of benzene rings is 3. The molecule has 4 N–H and O–H groups in total. The van der Waals surface area contributed by atoms with Crippen LogP contribution in [0.1, 0.15) is 63.7 Å². The van der Waals surface area contributed by atoms with Crippen molar-refractivity contribution in [1.29, 1.82) is 0 Å². The topological polar surface area (TPSA) is 184 Å². The Morgan fingerprint density at radius 2 is 1.70 bits per heavy atom. The molecular weight excluding hydrogens is 716 g/mol. The van der Waals surface area contributed by atoms with Crippen molar-refractivity contribution in [2.24, 2.45) is 5.92 Å². The van der Waals surface area contributed by atoms with Crippen LogP contribution in [0.4, 0.5) is 9.59 Å². The number of ether oxygens (including phenoxy) is 3. The van der Waals surface area contributed by atoms with Crippen molar-refractivity contribution in [1.82, 2.24) is 40.4 Å². The number of aromatic nitrogens is 4. The summed E-state index contributed by atoms with van der Waals surface area (Å²) in [7, 11) is 2.53. The second-order valence-corrected chi connectivity index (χ2v) is 14.6. The SMILES string of the molecule is CC[C@H](C)N(Cc1ncc(-c2ccc3c(c2)COc2cc4c(ccc5nc(CN(C(=O)CNC(=O)OC)[C@H]6CCC[C@H]6C)[nH]c54)cc2-3)[nH]1)C(=O)CNC(=O)OC. The molecule has 1 aliphatic carbocycles. The normalized spacial score (nSPS) is 16.4. The van der Waals surface area contributed by atoms with E-state index in [0.717, 1.165) is 81.2 Å². The number of alkyl carbamates (subject to hydrolysis) is 2. The van der Waals surface area contributed by atoms with Gasteiger partial charge in [0.15, 0.2) is 0 Å². The van der Waals surface area contributed by atoms with Crippen LogP contribution in [0.2, 0.25) is 0 Å². The Morgan fingerprint density at radius 3 is 2.41 bits per heavy atom. The maximum Gasteiger partial charge on any atom is 0.407 e. The van der Waals surface area contributed by atoms with E-state index in [4.69, 9.17) is 9.72 Å². The number of imidazole rings is 2. The van der Waals surface area contributed by atoms with Gasteiger partial charge in [0, 0.05) is 23.0 Å². The van der Waals surface area contributed by atoms with Crippen molar-refractivity contribution >= 4 is 45.8 Å². The molecule has 1 fully saturated rings. The monoisotopic (exact) mass is 764 g/mol. The number of fused-ring (bicyclic) bond motifs is 6. The van der Waals surface area contributed by atoms with Crippen molar-refractivity contribution in [2.45, 2.75) is 78.2 Å². The number of rotatable bonds is 12. The zero-order valence-corrected chi connectivity index (χ0v) is 32.4. The summed E-state index contributed by atoms with van der Waals surface area (Å²) in [6.07, 6.45) is 4.21. The molecule has 0 unspecified atom stereocenters. The smallest absolute Gasteiger partial charge is 0.407 e. The standard InChI is InChI=1S/C41H48N8O7/c1-6-24(3)48(37(50)18-43-40(52)54-4)20-35-42-17-32(46-35)26-10-12-28-27(14-26)22-56-34-16-29-25(15-30(28)34)11-13-31-39(29)47-36(45-31)21-49(33-9-7-8-23(33)2)38(51)19-44-41(53)55-5/h10-17,23-24,33H,6-9,18-22H2,1-5H3,(H,42,46)(H,43,52)(H,44,53)(H,45,47)/t23-,24+,33+/m1/s1. The summed E-state index contributed by atoms with van der Waals surface area (Å²) in [5.74, 6) is 2.01. The second-order valence-electron chi connectivity index (χ2n) is 14.6. The molecule has 2 aliphatic rings. The molecule has 2 aromatic heterocycles. The molecule has 1 saturated carbocycles. The molecule has 3 aromatic carbocycles. The van der Waals surface area contributed by atoms with E-state index < -0.39 is 12.2 Å². The third-order valence-electron chi connectivity index (χ3n) is 11.1. The molecule has 4 amide bonds. The zero-order chi connectivity index (χ0) is 39.5. The highest BCUT2D eigenvalue weighted by atomic mass is 16.5. The molecule has 15 heteroatoms. The van der Waals surface area contributed by atoms with E-state index in [1.807, 2.05) is 24.8 Å². The van der Waals surface area contributed by atoms with Crippen molar-refractivity contribution in [3.8, 4) is 28.1 Å². The molecule has 0 saturated heterocycles. The highest BCUT2D eigenvalue weighted by Gasteiger charge is 2.33. The van der Waals surface area contributed by atoms with Crippen LogP contribution in [0.25, 0.3) is 44.2 Å². The number of methoxy groups -OCH3 is 2. The third-order valence-corrected chi connectivity index (χ3v) is 11.1. The first kappa shape index (κ1) is 38.2. The van der Waals surface area contributed by atoms with E-state index >= 15 is 0 Å². The molecule has 15 nitrogen and oxygen atoms in total. The number of H-pyrrole nitrogens is 2. The second kappa shape index (κ2) is 16.3. The van der Waals surface area contributed by atoms with Gasteiger partial charge in [-0.2, -0.15) is 0 Å². The van der Waals surface area contributed by atoms with Gasteiger partial charge < -0.3 is 44.6 Å². The van der Waals surface area contributed by atoms with Crippen LogP contribution >= 0.6 is 0 Å². The lowest BCUT2D eigenvalue weighted by atomic mass is 9.92. The lowest BCUT2D eigenvalue weighted by Crippen LogP contribution is -2.46. The highest BCUT2D eigenvalue weighted by molar-refractivity contribution is 6.07. The Balaban J connectivity index is 1.11. The summed E-state index contributed by atoms with van der Waals surface area (Å²) < 4.78 is 15.6. The Bertz CT molecular complexity index is 2280. The molecule has 56 heavy (non-hydrogen) atoms. The summed E-state index contributed by atoms with van der Waals surface area (Å²) in [6.45, 7) is 6.76. The predicted octanol–water partition coefficient (Wildman–Crippen LogP) is 6.02.